The fourth-order valence-electron chi connectivity index (χ4n) is 2.22. The van der Waals surface area contributed by atoms with Crippen LogP contribution in [-0.2, 0) is 0 Å². The Morgan fingerprint density at radius 3 is 2.57 bits per heavy atom. The Balaban J connectivity index is 1.95. The molecule has 0 fully saturated rings. The molecule has 0 unspecified atom stereocenters. The molecule has 0 saturated carbocycles. The number of nitrogens with one attached hydrogen (secondary N) is 1. The van der Waals surface area contributed by atoms with Crippen molar-refractivity contribution in [2.45, 2.75) is 6.92 Å². The Bertz CT molecular complexity index is 860. The zero-order valence-electron chi connectivity index (χ0n) is 12.3. The topological polar surface area (TPSA) is 46.9 Å². The number of nitrogens with zero attached hydrogens (tertiary/aromatic N) is 2. The Labute approximate surface area is 143 Å². The molecule has 0 aliphatic rings. The molecule has 23 heavy (non-hydrogen) atoms. The first-order valence-corrected chi connectivity index (χ1v) is 7.69. The number of benzene rings is 2. The van der Waals surface area contributed by atoms with Gasteiger partial charge in [-0.2, -0.15) is 5.10 Å². The summed E-state index contributed by atoms with van der Waals surface area (Å²) >= 11 is 12.1. The van der Waals surface area contributed by atoms with E-state index in [0.29, 0.717) is 16.4 Å². The highest BCUT2D eigenvalue weighted by Crippen LogP contribution is 2.26. The van der Waals surface area contributed by atoms with E-state index in [1.807, 2.05) is 37.3 Å². The van der Waals surface area contributed by atoms with E-state index in [-0.39, 0.29) is 10.9 Å². The van der Waals surface area contributed by atoms with Crippen LogP contribution in [0.25, 0.3) is 5.69 Å². The van der Waals surface area contributed by atoms with Crippen molar-refractivity contribution in [3.63, 3.8) is 0 Å². The van der Waals surface area contributed by atoms with Crippen molar-refractivity contribution < 1.29 is 4.79 Å². The monoisotopic (exact) mass is 345 g/mol. The van der Waals surface area contributed by atoms with Crippen LogP contribution in [0.3, 0.4) is 0 Å². The van der Waals surface area contributed by atoms with E-state index in [0.717, 1.165) is 11.4 Å². The van der Waals surface area contributed by atoms with E-state index in [9.17, 15) is 4.79 Å². The predicted molar refractivity (Wildman–Crippen MR) is 92.7 cm³/mol. The van der Waals surface area contributed by atoms with Crippen molar-refractivity contribution in [1.82, 2.24) is 9.78 Å². The molecule has 3 aromatic rings. The average Bonchev–Trinajstić information content (AvgIpc) is 2.91. The minimum Gasteiger partial charge on any atom is -0.306 e. The van der Waals surface area contributed by atoms with Crippen LogP contribution in [0.15, 0.2) is 54.6 Å². The summed E-state index contributed by atoms with van der Waals surface area (Å²) in [6.07, 6.45) is 0. The summed E-state index contributed by atoms with van der Waals surface area (Å²) in [4.78, 5) is 12.5. The molecule has 0 radical (unpaired) electrons. The van der Waals surface area contributed by atoms with Gasteiger partial charge in [-0.25, -0.2) is 4.68 Å². The SMILES string of the molecule is Cc1cc(NC(=O)c2cccc(Cl)c2Cl)n(-c2ccccc2)n1. The normalized spacial score (nSPS) is 10.6. The van der Waals surface area contributed by atoms with E-state index in [1.165, 1.54) is 0 Å². The summed E-state index contributed by atoms with van der Waals surface area (Å²) in [6, 6.07) is 16.3. The third-order valence-electron chi connectivity index (χ3n) is 3.27. The first-order chi connectivity index (χ1) is 11.1. The molecule has 1 aromatic heterocycles. The fraction of sp³-hybridized carbons (Fsp3) is 0.0588. The number of halogens is 2. The average molecular weight is 346 g/mol. The maximum absolute atomic E-state index is 12.5. The summed E-state index contributed by atoms with van der Waals surface area (Å²) < 4.78 is 1.67. The molecule has 4 nitrogen and oxygen atoms in total. The molecule has 1 N–H and O–H groups in total. The van der Waals surface area contributed by atoms with Gasteiger partial charge in [-0.05, 0) is 31.2 Å². The number of aromatic nitrogens is 2. The lowest BCUT2D eigenvalue weighted by Gasteiger charge is -2.10. The van der Waals surface area contributed by atoms with Gasteiger partial charge < -0.3 is 5.32 Å². The van der Waals surface area contributed by atoms with Crippen LogP contribution in [0.2, 0.25) is 10.0 Å². The highest BCUT2D eigenvalue weighted by atomic mass is 35.5. The molecule has 0 bridgehead atoms. The van der Waals surface area contributed by atoms with Crippen LogP contribution >= 0.6 is 23.2 Å². The number of para-hydroxylation sites is 1. The first kappa shape index (κ1) is 15.6. The Morgan fingerprint density at radius 2 is 1.83 bits per heavy atom. The summed E-state index contributed by atoms with van der Waals surface area (Å²) in [7, 11) is 0. The molecule has 2 aromatic carbocycles. The Kier molecular flexibility index (Phi) is 4.37. The summed E-state index contributed by atoms with van der Waals surface area (Å²) in [5, 5.41) is 7.81. The van der Waals surface area contributed by atoms with E-state index in [4.69, 9.17) is 23.2 Å². The smallest absolute Gasteiger partial charge is 0.258 e. The van der Waals surface area contributed by atoms with E-state index in [2.05, 4.69) is 10.4 Å². The van der Waals surface area contributed by atoms with Gasteiger partial charge in [0.05, 0.1) is 27.0 Å². The largest absolute Gasteiger partial charge is 0.306 e. The van der Waals surface area contributed by atoms with Gasteiger partial charge in [0.25, 0.3) is 5.91 Å². The van der Waals surface area contributed by atoms with Gasteiger partial charge in [-0.1, -0.05) is 47.5 Å². The number of rotatable bonds is 3. The fourth-order valence-corrected chi connectivity index (χ4v) is 2.60. The van der Waals surface area contributed by atoms with Gasteiger partial charge in [0.1, 0.15) is 5.82 Å². The quantitative estimate of drug-likeness (QED) is 0.745. The van der Waals surface area contributed by atoms with Crippen LogP contribution in [0.5, 0.6) is 0 Å². The number of carbonyl (C=O) groups excluding carboxylic acids is 1. The van der Waals surface area contributed by atoms with E-state index < -0.39 is 0 Å². The van der Waals surface area contributed by atoms with Gasteiger partial charge in [-0.15, -0.1) is 0 Å². The molecule has 0 atom stereocenters. The number of hydrogen-bond donors (Lipinski definition) is 1. The lowest BCUT2D eigenvalue weighted by atomic mass is 10.2. The third-order valence-corrected chi connectivity index (χ3v) is 4.09. The van der Waals surface area contributed by atoms with Crippen molar-refractivity contribution in [1.29, 1.82) is 0 Å². The molecule has 0 aliphatic carbocycles. The molecule has 0 saturated heterocycles. The second-order valence-corrected chi connectivity index (χ2v) is 5.76. The standard InChI is InChI=1S/C17H13Cl2N3O/c1-11-10-15(22(21-11)12-6-3-2-4-7-12)20-17(23)13-8-5-9-14(18)16(13)19/h2-10H,1H3,(H,20,23). The number of hydrogen-bond acceptors (Lipinski definition) is 2. The van der Waals surface area contributed by atoms with E-state index in [1.54, 1.807) is 28.9 Å². The van der Waals surface area contributed by atoms with Gasteiger partial charge in [0.2, 0.25) is 0 Å². The van der Waals surface area contributed by atoms with Gasteiger partial charge >= 0.3 is 0 Å². The minimum absolute atomic E-state index is 0.231. The van der Waals surface area contributed by atoms with Gasteiger partial charge in [0.15, 0.2) is 0 Å². The lowest BCUT2D eigenvalue weighted by Crippen LogP contribution is -2.15. The highest BCUT2D eigenvalue weighted by Gasteiger charge is 2.16. The van der Waals surface area contributed by atoms with Crippen LogP contribution < -0.4 is 5.32 Å². The molecule has 1 heterocycles. The number of aryl methyl sites for hydroxylation is 1. The predicted octanol–water partition coefficient (Wildman–Crippen LogP) is 4.74. The maximum Gasteiger partial charge on any atom is 0.258 e. The molecule has 116 valence electrons. The van der Waals surface area contributed by atoms with Crippen LogP contribution in [0, 0.1) is 6.92 Å². The zero-order chi connectivity index (χ0) is 16.4. The van der Waals surface area contributed by atoms with Crippen LogP contribution in [-0.4, -0.2) is 15.7 Å². The Morgan fingerprint density at radius 1 is 1.09 bits per heavy atom. The summed E-state index contributed by atoms with van der Waals surface area (Å²) in [6.45, 7) is 1.86. The van der Waals surface area contributed by atoms with Gasteiger partial charge in [-0.3, -0.25) is 4.79 Å². The lowest BCUT2D eigenvalue weighted by molar-refractivity contribution is 0.102. The van der Waals surface area contributed by atoms with Crippen molar-refractivity contribution in [3.05, 3.63) is 75.9 Å². The number of anilines is 1. The molecular weight excluding hydrogens is 333 g/mol. The Hall–Kier alpha value is -2.30. The van der Waals surface area contributed by atoms with E-state index >= 15 is 0 Å². The first-order valence-electron chi connectivity index (χ1n) is 6.93. The summed E-state index contributed by atoms with van der Waals surface area (Å²) in [5.74, 6) is 0.226. The van der Waals surface area contributed by atoms with Crippen molar-refractivity contribution >= 4 is 34.9 Å². The van der Waals surface area contributed by atoms with Gasteiger partial charge in [0, 0.05) is 6.07 Å². The molecule has 3 rings (SSSR count). The second kappa shape index (κ2) is 6.44. The molecule has 0 spiro atoms. The van der Waals surface area contributed by atoms with Crippen molar-refractivity contribution in [3.8, 4) is 5.69 Å². The van der Waals surface area contributed by atoms with Crippen molar-refractivity contribution in [2.24, 2.45) is 0 Å². The molecular formula is C17H13Cl2N3O. The van der Waals surface area contributed by atoms with Crippen LogP contribution in [0.1, 0.15) is 16.1 Å². The third kappa shape index (κ3) is 3.23. The zero-order valence-corrected chi connectivity index (χ0v) is 13.8. The molecule has 6 heteroatoms. The summed E-state index contributed by atoms with van der Waals surface area (Å²) in [5.41, 5.74) is 1.96. The highest BCUT2D eigenvalue weighted by molar-refractivity contribution is 6.44. The second-order valence-electron chi connectivity index (χ2n) is 4.97. The minimum atomic E-state index is -0.338. The molecule has 0 aliphatic heterocycles. The molecule has 1 amide bonds. The number of amides is 1. The number of carbonyl (C=O) groups is 1. The van der Waals surface area contributed by atoms with Crippen molar-refractivity contribution in [2.75, 3.05) is 5.32 Å². The van der Waals surface area contributed by atoms with Crippen LogP contribution in [0.4, 0.5) is 5.82 Å². The maximum atomic E-state index is 12.5.